The highest BCUT2D eigenvalue weighted by atomic mass is 16.2. The zero-order chi connectivity index (χ0) is 20.6. The fourth-order valence-corrected chi connectivity index (χ4v) is 2.43. The summed E-state index contributed by atoms with van der Waals surface area (Å²) in [6, 6.07) is 18.7. The molecule has 4 N–H and O–H groups in total. The molecule has 0 aliphatic heterocycles. The molecule has 0 aliphatic carbocycles. The van der Waals surface area contributed by atoms with Crippen molar-refractivity contribution < 1.29 is 14.4 Å². The van der Waals surface area contributed by atoms with Gasteiger partial charge in [-0.3, -0.25) is 30.3 Å². The van der Waals surface area contributed by atoms with Crippen molar-refractivity contribution in [2.24, 2.45) is 0 Å². The molecule has 0 unspecified atom stereocenters. The Labute approximate surface area is 165 Å². The van der Waals surface area contributed by atoms with Crippen LogP contribution >= 0.6 is 0 Å². The Morgan fingerprint density at radius 3 is 2.34 bits per heavy atom. The molecule has 9 heteroatoms. The Kier molecular flexibility index (Phi) is 5.97. The molecule has 0 aliphatic rings. The van der Waals surface area contributed by atoms with Crippen molar-refractivity contribution in [2.75, 3.05) is 5.32 Å². The van der Waals surface area contributed by atoms with Gasteiger partial charge in [-0.05, 0) is 30.3 Å². The highest BCUT2D eigenvalue weighted by Gasteiger charge is 2.13. The Balaban J connectivity index is 1.55. The van der Waals surface area contributed by atoms with Gasteiger partial charge in [0.1, 0.15) is 12.1 Å². The summed E-state index contributed by atoms with van der Waals surface area (Å²) >= 11 is 0. The molecule has 0 fully saturated rings. The topological polar surface area (TPSA) is 140 Å². The summed E-state index contributed by atoms with van der Waals surface area (Å²) in [4.78, 5) is 35.7. The number of hydrogen-bond acceptors (Lipinski definition) is 5. The summed E-state index contributed by atoms with van der Waals surface area (Å²) in [6.07, 6.45) is -0.256. The minimum Gasteiger partial charge on any atom is -0.325 e. The molecule has 0 bridgehead atoms. The number of amides is 3. The molecule has 0 saturated carbocycles. The van der Waals surface area contributed by atoms with Crippen LogP contribution in [0.25, 0.3) is 11.3 Å². The van der Waals surface area contributed by atoms with Crippen molar-refractivity contribution in [1.82, 2.24) is 21.0 Å². The third-order valence-corrected chi connectivity index (χ3v) is 3.85. The van der Waals surface area contributed by atoms with Crippen LogP contribution in [0.3, 0.4) is 0 Å². The van der Waals surface area contributed by atoms with Crippen LogP contribution in [-0.2, 0) is 4.79 Å². The maximum absolute atomic E-state index is 12.2. The summed E-state index contributed by atoms with van der Waals surface area (Å²) in [6.45, 7) is 0. The predicted molar refractivity (Wildman–Crippen MR) is 104 cm³/mol. The second kappa shape index (κ2) is 8.96. The number of aromatic nitrogens is 2. The molecular weight excluding hydrogens is 372 g/mol. The Morgan fingerprint density at radius 2 is 1.66 bits per heavy atom. The van der Waals surface area contributed by atoms with Gasteiger partial charge in [0.05, 0.1) is 11.8 Å². The van der Waals surface area contributed by atoms with Gasteiger partial charge < -0.3 is 5.32 Å². The first-order chi connectivity index (χ1) is 14.1. The second-order valence-corrected chi connectivity index (χ2v) is 5.90. The number of nitrogens with one attached hydrogen (secondary N) is 4. The number of carbonyl (C=O) groups is 3. The highest BCUT2D eigenvalue weighted by molar-refractivity contribution is 5.99. The molecule has 144 valence electrons. The van der Waals surface area contributed by atoms with E-state index in [9.17, 15) is 14.4 Å². The van der Waals surface area contributed by atoms with Crippen molar-refractivity contribution in [3.8, 4) is 17.3 Å². The lowest BCUT2D eigenvalue weighted by molar-refractivity contribution is -0.115. The number of anilines is 1. The Hall–Kier alpha value is -4.45. The first-order valence-electron chi connectivity index (χ1n) is 8.55. The fourth-order valence-electron chi connectivity index (χ4n) is 2.43. The van der Waals surface area contributed by atoms with Crippen LogP contribution in [0.4, 0.5) is 5.69 Å². The summed E-state index contributed by atoms with van der Waals surface area (Å²) in [5.41, 5.74) is 7.01. The van der Waals surface area contributed by atoms with E-state index in [-0.39, 0.29) is 17.7 Å². The van der Waals surface area contributed by atoms with Crippen molar-refractivity contribution in [2.45, 2.75) is 6.42 Å². The molecule has 1 aromatic heterocycles. The van der Waals surface area contributed by atoms with Crippen molar-refractivity contribution >= 4 is 23.4 Å². The van der Waals surface area contributed by atoms with Crippen LogP contribution in [0.2, 0.25) is 0 Å². The van der Waals surface area contributed by atoms with Gasteiger partial charge >= 0.3 is 0 Å². The van der Waals surface area contributed by atoms with Crippen molar-refractivity contribution in [3.63, 3.8) is 0 Å². The molecule has 0 spiro atoms. The number of benzene rings is 2. The largest absolute Gasteiger partial charge is 0.325 e. The lowest BCUT2D eigenvalue weighted by Crippen LogP contribution is -2.41. The van der Waals surface area contributed by atoms with Crippen LogP contribution in [0, 0.1) is 11.3 Å². The van der Waals surface area contributed by atoms with E-state index in [1.165, 1.54) is 24.3 Å². The summed E-state index contributed by atoms with van der Waals surface area (Å²) in [5.74, 6) is -1.52. The summed E-state index contributed by atoms with van der Waals surface area (Å²) in [5, 5.41) is 17.7. The normalized spacial score (nSPS) is 9.90. The third-order valence-electron chi connectivity index (χ3n) is 3.85. The van der Waals surface area contributed by atoms with Crippen LogP contribution in [0.1, 0.15) is 27.3 Å². The lowest BCUT2D eigenvalue weighted by Gasteiger charge is -2.07. The minimum absolute atomic E-state index is 0.194. The van der Waals surface area contributed by atoms with Gasteiger partial charge in [-0.15, -0.1) is 0 Å². The number of aromatic amines is 1. The molecule has 9 nitrogen and oxygen atoms in total. The number of hydrazine groups is 1. The molecule has 29 heavy (non-hydrogen) atoms. The molecule has 1 heterocycles. The number of nitrogens with zero attached hydrogens (tertiary/aromatic N) is 2. The molecule has 3 aromatic rings. The van der Waals surface area contributed by atoms with Gasteiger partial charge in [0, 0.05) is 16.8 Å². The summed E-state index contributed by atoms with van der Waals surface area (Å²) in [7, 11) is 0. The number of H-pyrrole nitrogens is 1. The van der Waals surface area contributed by atoms with Gasteiger partial charge in [-0.2, -0.15) is 10.4 Å². The first-order valence-corrected chi connectivity index (χ1v) is 8.55. The average molecular weight is 388 g/mol. The number of hydrogen-bond donors (Lipinski definition) is 4. The standard InChI is InChI=1S/C20H16N6O3/c21-11-10-18(27)22-15-8-6-14(7-9-15)19(28)25-26-20(29)17-12-16(23-24-17)13-4-2-1-3-5-13/h1-9,12H,10H2,(H,22,27)(H,23,24)(H,25,28)(H,26,29). The van der Waals surface area contributed by atoms with Gasteiger partial charge in [0.2, 0.25) is 5.91 Å². The van der Waals surface area contributed by atoms with E-state index in [1.807, 2.05) is 30.3 Å². The Morgan fingerprint density at radius 1 is 0.966 bits per heavy atom. The van der Waals surface area contributed by atoms with Crippen molar-refractivity contribution in [1.29, 1.82) is 5.26 Å². The highest BCUT2D eigenvalue weighted by Crippen LogP contribution is 2.16. The van der Waals surface area contributed by atoms with E-state index in [1.54, 1.807) is 12.1 Å². The predicted octanol–water partition coefficient (Wildman–Crippen LogP) is 2.00. The van der Waals surface area contributed by atoms with Crippen LogP contribution in [0.15, 0.2) is 60.7 Å². The molecular formula is C20H16N6O3. The number of rotatable bonds is 5. The maximum atomic E-state index is 12.2. The molecule has 0 atom stereocenters. The zero-order valence-corrected chi connectivity index (χ0v) is 15.1. The second-order valence-electron chi connectivity index (χ2n) is 5.90. The van der Waals surface area contributed by atoms with Crippen molar-refractivity contribution in [3.05, 3.63) is 71.9 Å². The van der Waals surface area contributed by atoms with E-state index in [0.717, 1.165) is 5.56 Å². The van der Waals surface area contributed by atoms with Crippen LogP contribution in [-0.4, -0.2) is 27.9 Å². The quantitative estimate of drug-likeness (QED) is 0.495. The summed E-state index contributed by atoms with van der Waals surface area (Å²) < 4.78 is 0. The number of carbonyl (C=O) groups excluding carboxylic acids is 3. The third kappa shape index (κ3) is 5.05. The van der Waals surface area contributed by atoms with E-state index in [0.29, 0.717) is 11.4 Å². The number of nitriles is 1. The van der Waals surface area contributed by atoms with Gasteiger partial charge in [-0.1, -0.05) is 30.3 Å². The minimum atomic E-state index is -0.548. The lowest BCUT2D eigenvalue weighted by atomic mass is 10.1. The zero-order valence-electron chi connectivity index (χ0n) is 15.1. The molecule has 0 saturated heterocycles. The molecule has 3 rings (SSSR count). The van der Waals surface area contributed by atoms with E-state index >= 15 is 0 Å². The Bertz CT molecular complexity index is 1070. The van der Waals surface area contributed by atoms with E-state index < -0.39 is 17.7 Å². The van der Waals surface area contributed by atoms with E-state index in [4.69, 9.17) is 5.26 Å². The van der Waals surface area contributed by atoms with Crippen LogP contribution < -0.4 is 16.2 Å². The van der Waals surface area contributed by atoms with Crippen LogP contribution in [0.5, 0.6) is 0 Å². The molecule has 2 aromatic carbocycles. The smallest absolute Gasteiger partial charge is 0.287 e. The first kappa shape index (κ1) is 19.3. The average Bonchev–Trinajstić information content (AvgIpc) is 3.23. The SMILES string of the molecule is N#CCC(=O)Nc1ccc(C(=O)NNC(=O)c2cc(-c3ccccc3)n[nH]2)cc1. The molecule has 0 radical (unpaired) electrons. The van der Waals surface area contributed by atoms with Gasteiger partial charge in [0.15, 0.2) is 0 Å². The molecule has 3 amide bonds. The van der Waals surface area contributed by atoms with E-state index in [2.05, 4.69) is 26.4 Å². The van der Waals surface area contributed by atoms with Gasteiger partial charge in [0.25, 0.3) is 11.8 Å². The maximum Gasteiger partial charge on any atom is 0.287 e. The monoisotopic (exact) mass is 388 g/mol. The fraction of sp³-hybridized carbons (Fsp3) is 0.0500. The van der Waals surface area contributed by atoms with Gasteiger partial charge in [-0.25, -0.2) is 0 Å².